The maximum Gasteiger partial charge on any atom is 4.00 e. The smallest absolute Gasteiger partial charge is 1.00 e. The first-order valence-electron chi connectivity index (χ1n) is 6.04. The molecule has 2 rings (SSSR count). The van der Waals surface area contributed by atoms with Crippen LogP contribution in [0.5, 0.6) is 0 Å². The van der Waals surface area contributed by atoms with Crippen LogP contribution in [0.2, 0.25) is 0 Å². The summed E-state index contributed by atoms with van der Waals surface area (Å²) in [4.78, 5) is 0. The summed E-state index contributed by atoms with van der Waals surface area (Å²) < 4.78 is 0. The molecule has 0 spiro atoms. The van der Waals surface area contributed by atoms with Gasteiger partial charge >= 0.3 is 26.2 Å². The maximum atomic E-state index is 2.20. The van der Waals surface area contributed by atoms with Gasteiger partial charge in [0.2, 0.25) is 0 Å². The van der Waals surface area contributed by atoms with Crippen molar-refractivity contribution in [2.75, 3.05) is 0 Å². The Morgan fingerprint density at radius 2 is 0.789 bits per heavy atom. The number of hydrogen-bond acceptors (Lipinski definition) is 0. The molecule has 0 amide bonds. The van der Waals surface area contributed by atoms with Crippen LogP contribution in [-0.4, -0.2) is 0 Å². The van der Waals surface area contributed by atoms with Crippen molar-refractivity contribution < 1.29 is 35.6 Å². The fourth-order valence-corrected chi connectivity index (χ4v) is 1.55. The second-order valence-electron chi connectivity index (χ2n) is 4.75. The van der Waals surface area contributed by atoms with Gasteiger partial charge in [-0.15, -0.1) is 0 Å². The Labute approximate surface area is 134 Å². The molecule has 104 valence electrons. The van der Waals surface area contributed by atoms with Crippen molar-refractivity contribution in [1.29, 1.82) is 0 Å². The van der Waals surface area contributed by atoms with Crippen LogP contribution in [-0.2, 0) is 26.2 Å². The molecule has 0 aliphatic carbocycles. The van der Waals surface area contributed by atoms with Gasteiger partial charge in [0.1, 0.15) is 0 Å². The van der Waals surface area contributed by atoms with Crippen LogP contribution >= 0.6 is 0 Å². The Bertz CT molecular complexity index is 323. The van der Waals surface area contributed by atoms with Crippen LogP contribution in [0, 0.1) is 0 Å². The van der Waals surface area contributed by atoms with E-state index in [9.17, 15) is 0 Å². The normalized spacial score (nSPS) is 8.74. The molecule has 0 atom stereocenters. The van der Waals surface area contributed by atoms with E-state index in [1.807, 2.05) is 0 Å². The minimum atomic E-state index is 0. The number of hydrogen-bond donors (Lipinski definition) is 0. The van der Waals surface area contributed by atoms with E-state index in [1.54, 1.807) is 0 Å². The third-order valence-corrected chi connectivity index (χ3v) is 2.71. The Hall–Kier alpha value is -0.557. The van der Waals surface area contributed by atoms with Crippen molar-refractivity contribution in [2.24, 2.45) is 0 Å². The quantitative estimate of drug-likeness (QED) is 0.618. The summed E-state index contributed by atoms with van der Waals surface area (Å²) in [6.07, 6.45) is 0. The van der Waals surface area contributed by atoms with Crippen LogP contribution in [0.25, 0.3) is 0 Å². The van der Waals surface area contributed by atoms with Crippen molar-refractivity contribution in [2.45, 2.75) is 39.5 Å². The first-order valence-corrected chi connectivity index (χ1v) is 6.04. The summed E-state index contributed by atoms with van der Waals surface area (Å²) in [5.74, 6) is 1.37. The minimum absolute atomic E-state index is 0. The SMILES string of the molecule is CC(C)[c-]1cccc1.CC(C)[c-]1cccc1.[F-].[F-].[Zr+4]. The molecule has 0 heterocycles. The molecule has 0 aliphatic heterocycles. The molecular formula is C16H22F2Zr. The fourth-order valence-electron chi connectivity index (χ4n) is 1.55. The zero-order valence-electron chi connectivity index (χ0n) is 12.0. The first-order chi connectivity index (χ1) is 7.61. The molecule has 0 nitrogen and oxygen atoms in total. The van der Waals surface area contributed by atoms with Crippen molar-refractivity contribution in [1.82, 2.24) is 0 Å². The van der Waals surface area contributed by atoms with Crippen LogP contribution in [0.3, 0.4) is 0 Å². The molecule has 0 saturated heterocycles. The standard InChI is InChI=1S/2C8H11.2FH.Zr/c2*1-7(2)8-5-3-4-6-8;;;/h2*3-7H,1-2H3;2*1H;/q2*-1;;;+4/p-2. The monoisotopic (exact) mass is 342 g/mol. The van der Waals surface area contributed by atoms with E-state index < -0.39 is 0 Å². The Morgan fingerprint density at radius 1 is 0.579 bits per heavy atom. The van der Waals surface area contributed by atoms with Gasteiger partial charge < -0.3 is 9.41 Å². The molecule has 0 N–H and O–H groups in total. The largest absolute Gasteiger partial charge is 4.00 e. The summed E-state index contributed by atoms with van der Waals surface area (Å²) >= 11 is 0. The van der Waals surface area contributed by atoms with Gasteiger partial charge in [-0.3, -0.25) is 0 Å². The molecular weight excluding hydrogens is 321 g/mol. The molecule has 0 aromatic heterocycles. The average molecular weight is 344 g/mol. The van der Waals surface area contributed by atoms with Gasteiger partial charge in [-0.05, 0) is 0 Å². The average Bonchev–Trinajstić information content (AvgIpc) is 2.93. The maximum absolute atomic E-state index is 2.20. The van der Waals surface area contributed by atoms with Crippen LogP contribution in [0.15, 0.2) is 48.5 Å². The molecule has 2 aromatic carbocycles. The molecule has 0 saturated carbocycles. The third kappa shape index (κ3) is 9.05. The molecule has 0 aliphatic rings. The Kier molecular flexibility index (Phi) is 15.4. The van der Waals surface area contributed by atoms with Crippen molar-refractivity contribution in [3.8, 4) is 0 Å². The molecule has 0 radical (unpaired) electrons. The van der Waals surface area contributed by atoms with Crippen molar-refractivity contribution in [3.05, 3.63) is 59.7 Å². The van der Waals surface area contributed by atoms with Crippen LogP contribution < -0.4 is 9.41 Å². The third-order valence-electron chi connectivity index (χ3n) is 2.71. The zero-order chi connectivity index (χ0) is 12.0. The van der Waals surface area contributed by atoms with Gasteiger partial charge in [-0.2, -0.15) is 35.4 Å². The van der Waals surface area contributed by atoms with Gasteiger partial charge in [-0.25, -0.2) is 24.3 Å². The first kappa shape index (κ1) is 23.5. The molecule has 0 fully saturated rings. The van der Waals surface area contributed by atoms with E-state index in [0.717, 1.165) is 0 Å². The van der Waals surface area contributed by atoms with E-state index in [2.05, 4.69) is 76.2 Å². The second kappa shape index (κ2) is 12.5. The van der Waals surface area contributed by atoms with E-state index in [4.69, 9.17) is 0 Å². The van der Waals surface area contributed by atoms with E-state index >= 15 is 0 Å². The van der Waals surface area contributed by atoms with Gasteiger partial charge in [-0.1, -0.05) is 39.5 Å². The Morgan fingerprint density at radius 3 is 0.895 bits per heavy atom. The number of rotatable bonds is 2. The van der Waals surface area contributed by atoms with Gasteiger partial charge in [0, 0.05) is 0 Å². The van der Waals surface area contributed by atoms with Gasteiger partial charge in [0.25, 0.3) is 0 Å². The molecule has 2 aromatic rings. The van der Waals surface area contributed by atoms with E-state index in [-0.39, 0.29) is 35.6 Å². The molecule has 0 unspecified atom stereocenters. The second-order valence-corrected chi connectivity index (χ2v) is 4.75. The minimum Gasteiger partial charge on any atom is -1.00 e. The van der Waals surface area contributed by atoms with Crippen LogP contribution in [0.1, 0.15) is 50.7 Å². The zero-order valence-corrected chi connectivity index (χ0v) is 14.5. The van der Waals surface area contributed by atoms with Gasteiger partial charge in [0.05, 0.1) is 0 Å². The predicted octanol–water partition coefficient (Wildman–Crippen LogP) is -0.937. The van der Waals surface area contributed by atoms with Crippen molar-refractivity contribution in [3.63, 3.8) is 0 Å². The van der Waals surface area contributed by atoms with E-state index in [0.29, 0.717) is 11.8 Å². The summed E-state index contributed by atoms with van der Waals surface area (Å²) in [7, 11) is 0. The summed E-state index contributed by atoms with van der Waals surface area (Å²) in [5, 5.41) is 0. The summed E-state index contributed by atoms with van der Waals surface area (Å²) in [6, 6.07) is 16.9. The number of halogens is 2. The summed E-state index contributed by atoms with van der Waals surface area (Å²) in [5.41, 5.74) is 2.87. The molecule has 0 bridgehead atoms. The molecule has 19 heavy (non-hydrogen) atoms. The van der Waals surface area contributed by atoms with Crippen LogP contribution in [0.4, 0.5) is 0 Å². The van der Waals surface area contributed by atoms with Crippen molar-refractivity contribution >= 4 is 0 Å². The topological polar surface area (TPSA) is 0 Å². The molecule has 3 heteroatoms. The predicted molar refractivity (Wildman–Crippen MR) is 72.2 cm³/mol. The van der Waals surface area contributed by atoms with E-state index in [1.165, 1.54) is 11.1 Å². The summed E-state index contributed by atoms with van der Waals surface area (Å²) in [6.45, 7) is 8.81. The fraction of sp³-hybridized carbons (Fsp3) is 0.375. The Balaban J connectivity index is -0.000000233. The van der Waals surface area contributed by atoms with Gasteiger partial charge in [0.15, 0.2) is 0 Å².